The first-order valence-electron chi connectivity index (χ1n) is 6.02. The molecule has 1 aromatic heterocycles. The van der Waals surface area contributed by atoms with Crippen LogP contribution in [0, 0.1) is 5.41 Å². The van der Waals surface area contributed by atoms with Gasteiger partial charge in [-0.1, -0.05) is 25.9 Å². The second kappa shape index (κ2) is 5.04. The van der Waals surface area contributed by atoms with Crippen LogP contribution in [0.2, 0.25) is 0 Å². The molecule has 0 aromatic carbocycles. The van der Waals surface area contributed by atoms with E-state index in [4.69, 9.17) is 10.2 Å². The summed E-state index contributed by atoms with van der Waals surface area (Å²) in [7, 11) is 0. The first-order valence-corrected chi connectivity index (χ1v) is 6.02. The Morgan fingerprint density at radius 3 is 2.35 bits per heavy atom. The zero-order chi connectivity index (χ0) is 13.1. The van der Waals surface area contributed by atoms with E-state index in [1.165, 1.54) is 0 Å². The molecule has 5 heteroatoms. The zero-order valence-electron chi connectivity index (χ0n) is 11.5. The lowest BCUT2D eigenvalue weighted by Gasteiger charge is -2.32. The van der Waals surface area contributed by atoms with E-state index in [9.17, 15) is 0 Å². The number of nitrogens with two attached hydrogens (primary N) is 1. The van der Waals surface area contributed by atoms with E-state index in [-0.39, 0.29) is 11.0 Å². The van der Waals surface area contributed by atoms with Crippen molar-refractivity contribution in [1.82, 2.24) is 10.2 Å². The van der Waals surface area contributed by atoms with Crippen molar-refractivity contribution in [2.45, 2.75) is 53.0 Å². The second-order valence-electron chi connectivity index (χ2n) is 6.29. The molecule has 0 bridgehead atoms. The van der Waals surface area contributed by atoms with E-state index in [2.05, 4.69) is 50.1 Å². The Kier molecular flexibility index (Phi) is 4.14. The predicted molar refractivity (Wildman–Crippen MR) is 68.8 cm³/mol. The molecule has 1 heterocycles. The molecule has 0 saturated carbocycles. The third-order valence-electron chi connectivity index (χ3n) is 2.24. The van der Waals surface area contributed by atoms with E-state index in [1.54, 1.807) is 0 Å². The molecule has 5 nitrogen and oxygen atoms in total. The molecule has 0 spiro atoms. The highest BCUT2D eigenvalue weighted by molar-refractivity contribution is 5.23. The van der Waals surface area contributed by atoms with Crippen molar-refractivity contribution in [1.29, 1.82) is 0 Å². The van der Waals surface area contributed by atoms with Crippen LogP contribution in [0.4, 0.5) is 6.01 Å². The topological polar surface area (TPSA) is 77.0 Å². The standard InChI is InChI=1S/C12H24N4O/c1-11(2,3)8-12(4,5)14-10-16-15-9(17-10)6-7-13/h6-8,13H2,1-5H3,(H,14,16). The van der Waals surface area contributed by atoms with Gasteiger partial charge in [0.05, 0.1) is 0 Å². The molecule has 0 atom stereocenters. The summed E-state index contributed by atoms with van der Waals surface area (Å²) in [6, 6.07) is 0.475. The number of nitrogens with one attached hydrogen (secondary N) is 1. The van der Waals surface area contributed by atoms with Gasteiger partial charge in [-0.15, -0.1) is 5.10 Å². The Hall–Kier alpha value is -1.10. The molecule has 3 N–H and O–H groups in total. The Bertz CT molecular complexity index is 352. The minimum atomic E-state index is -0.0786. The van der Waals surface area contributed by atoms with Gasteiger partial charge >= 0.3 is 6.01 Å². The van der Waals surface area contributed by atoms with Crippen LogP contribution in [-0.2, 0) is 6.42 Å². The van der Waals surface area contributed by atoms with Gasteiger partial charge in [-0.2, -0.15) is 0 Å². The largest absolute Gasteiger partial charge is 0.408 e. The van der Waals surface area contributed by atoms with E-state index in [0.29, 0.717) is 24.9 Å². The highest BCUT2D eigenvalue weighted by Crippen LogP contribution is 2.29. The van der Waals surface area contributed by atoms with Gasteiger partial charge < -0.3 is 15.5 Å². The normalized spacial score (nSPS) is 12.8. The van der Waals surface area contributed by atoms with Gasteiger partial charge in [-0.3, -0.25) is 0 Å². The van der Waals surface area contributed by atoms with Crippen LogP contribution < -0.4 is 11.1 Å². The van der Waals surface area contributed by atoms with Crippen molar-refractivity contribution in [3.8, 4) is 0 Å². The molecule has 98 valence electrons. The number of hydrogen-bond acceptors (Lipinski definition) is 5. The van der Waals surface area contributed by atoms with E-state index in [1.807, 2.05) is 0 Å². The van der Waals surface area contributed by atoms with Gasteiger partial charge in [-0.05, 0) is 25.7 Å². The maximum Gasteiger partial charge on any atom is 0.315 e. The highest BCUT2D eigenvalue weighted by atomic mass is 16.4. The van der Waals surface area contributed by atoms with Crippen molar-refractivity contribution in [2.75, 3.05) is 11.9 Å². The lowest BCUT2D eigenvalue weighted by Crippen LogP contribution is -2.35. The summed E-state index contributed by atoms with van der Waals surface area (Å²) >= 11 is 0. The smallest absolute Gasteiger partial charge is 0.315 e. The van der Waals surface area contributed by atoms with E-state index < -0.39 is 0 Å². The molecule has 0 saturated heterocycles. The van der Waals surface area contributed by atoms with Crippen LogP contribution in [-0.4, -0.2) is 22.3 Å². The number of rotatable bonds is 5. The summed E-state index contributed by atoms with van der Waals surface area (Å²) in [6.45, 7) is 11.4. The first-order chi connectivity index (χ1) is 7.72. The minimum absolute atomic E-state index is 0.0786. The summed E-state index contributed by atoms with van der Waals surface area (Å²) < 4.78 is 5.46. The lowest BCUT2D eigenvalue weighted by molar-refractivity contribution is 0.297. The molecule has 0 fully saturated rings. The monoisotopic (exact) mass is 240 g/mol. The molecule has 0 amide bonds. The fourth-order valence-corrected chi connectivity index (χ4v) is 2.19. The van der Waals surface area contributed by atoms with Crippen molar-refractivity contribution in [3.63, 3.8) is 0 Å². The third kappa shape index (κ3) is 5.17. The molecule has 0 aliphatic rings. The number of anilines is 1. The highest BCUT2D eigenvalue weighted by Gasteiger charge is 2.26. The number of nitrogens with zero attached hydrogens (tertiary/aromatic N) is 2. The Morgan fingerprint density at radius 1 is 1.18 bits per heavy atom. The Morgan fingerprint density at radius 2 is 1.82 bits per heavy atom. The van der Waals surface area contributed by atoms with Crippen LogP contribution >= 0.6 is 0 Å². The summed E-state index contributed by atoms with van der Waals surface area (Å²) in [6.07, 6.45) is 1.63. The number of hydrogen-bond donors (Lipinski definition) is 2. The second-order valence-corrected chi connectivity index (χ2v) is 6.29. The fourth-order valence-electron chi connectivity index (χ4n) is 2.19. The van der Waals surface area contributed by atoms with Gasteiger partial charge in [0.2, 0.25) is 5.89 Å². The predicted octanol–water partition coefficient (Wildman–Crippen LogP) is 2.20. The summed E-state index contributed by atoms with van der Waals surface area (Å²) in [4.78, 5) is 0. The molecule has 0 radical (unpaired) electrons. The van der Waals surface area contributed by atoms with E-state index in [0.717, 1.165) is 6.42 Å². The van der Waals surface area contributed by atoms with Gasteiger partial charge in [0.15, 0.2) is 0 Å². The maximum atomic E-state index is 5.46. The lowest BCUT2D eigenvalue weighted by atomic mass is 9.82. The molecule has 0 aliphatic heterocycles. The Balaban J connectivity index is 2.62. The minimum Gasteiger partial charge on any atom is -0.408 e. The van der Waals surface area contributed by atoms with Crippen molar-refractivity contribution < 1.29 is 4.42 Å². The van der Waals surface area contributed by atoms with E-state index >= 15 is 0 Å². The summed E-state index contributed by atoms with van der Waals surface area (Å²) in [5.74, 6) is 0.585. The van der Waals surface area contributed by atoms with Crippen LogP contribution in [0.1, 0.15) is 46.9 Å². The van der Waals surface area contributed by atoms with Gasteiger partial charge in [0.25, 0.3) is 0 Å². The molecule has 1 aromatic rings. The quantitative estimate of drug-likeness (QED) is 0.825. The average molecular weight is 240 g/mol. The maximum absolute atomic E-state index is 5.46. The molecular weight excluding hydrogens is 216 g/mol. The molecule has 1 rings (SSSR count). The van der Waals surface area contributed by atoms with Crippen molar-refractivity contribution in [2.24, 2.45) is 11.1 Å². The van der Waals surface area contributed by atoms with Crippen LogP contribution in [0.25, 0.3) is 0 Å². The molecular formula is C12H24N4O. The van der Waals surface area contributed by atoms with Crippen molar-refractivity contribution >= 4 is 6.01 Å². The van der Waals surface area contributed by atoms with Crippen LogP contribution in [0.5, 0.6) is 0 Å². The SMILES string of the molecule is CC(C)(C)CC(C)(C)Nc1nnc(CCN)o1. The van der Waals surface area contributed by atoms with Gasteiger partial charge in [-0.25, -0.2) is 0 Å². The zero-order valence-corrected chi connectivity index (χ0v) is 11.5. The Labute approximate surface area is 103 Å². The third-order valence-corrected chi connectivity index (χ3v) is 2.24. The van der Waals surface area contributed by atoms with Gasteiger partial charge in [0.1, 0.15) is 0 Å². The summed E-state index contributed by atoms with van der Waals surface area (Å²) in [5.41, 5.74) is 5.60. The van der Waals surface area contributed by atoms with Crippen molar-refractivity contribution in [3.05, 3.63) is 5.89 Å². The molecule has 0 aliphatic carbocycles. The molecule has 17 heavy (non-hydrogen) atoms. The average Bonchev–Trinajstić information content (AvgIpc) is 2.47. The van der Waals surface area contributed by atoms with Crippen LogP contribution in [0.15, 0.2) is 4.42 Å². The molecule has 0 unspecified atom stereocenters. The van der Waals surface area contributed by atoms with Crippen LogP contribution in [0.3, 0.4) is 0 Å². The number of aromatic nitrogens is 2. The first kappa shape index (κ1) is 14.0. The summed E-state index contributed by atoms with van der Waals surface area (Å²) in [5, 5.41) is 11.2. The fraction of sp³-hybridized carbons (Fsp3) is 0.833. The van der Waals surface area contributed by atoms with Gasteiger partial charge in [0, 0.05) is 18.5 Å².